The summed E-state index contributed by atoms with van der Waals surface area (Å²) in [6.45, 7) is -2.90. The first-order valence-electron chi connectivity index (χ1n) is 4.38. The van der Waals surface area contributed by atoms with Crippen molar-refractivity contribution in [3.63, 3.8) is 0 Å². The average Bonchev–Trinajstić information content (AvgIpc) is 2.26. The molecular formula is C10H9F5O. The van der Waals surface area contributed by atoms with Crippen LogP contribution in [0.15, 0.2) is 30.3 Å². The van der Waals surface area contributed by atoms with Crippen molar-refractivity contribution in [1.29, 1.82) is 0 Å². The number of benzene rings is 1. The Morgan fingerprint density at radius 1 is 1.00 bits per heavy atom. The van der Waals surface area contributed by atoms with E-state index in [1.165, 1.54) is 12.1 Å². The molecule has 0 aliphatic rings. The van der Waals surface area contributed by atoms with Gasteiger partial charge in [0, 0.05) is 0 Å². The highest BCUT2D eigenvalue weighted by molar-refractivity contribution is 5.13. The molecule has 0 aliphatic heterocycles. The lowest BCUT2D eigenvalue weighted by Gasteiger charge is -2.24. The summed E-state index contributed by atoms with van der Waals surface area (Å²) in [7, 11) is 0. The van der Waals surface area contributed by atoms with E-state index in [0.717, 1.165) is 0 Å². The molecule has 0 amide bonds. The van der Waals surface area contributed by atoms with E-state index in [1.807, 2.05) is 0 Å². The Balaban J connectivity index is 2.66. The van der Waals surface area contributed by atoms with E-state index in [-0.39, 0.29) is 0 Å². The molecule has 0 aromatic heterocycles. The molecular weight excluding hydrogens is 231 g/mol. The lowest BCUT2D eigenvalue weighted by molar-refractivity contribution is -0.340. The van der Waals surface area contributed by atoms with E-state index in [0.29, 0.717) is 5.56 Å². The van der Waals surface area contributed by atoms with Gasteiger partial charge in [-0.25, -0.2) is 4.39 Å². The van der Waals surface area contributed by atoms with Gasteiger partial charge >= 0.3 is 12.0 Å². The van der Waals surface area contributed by atoms with Crippen molar-refractivity contribution in [2.75, 3.05) is 6.67 Å². The first-order valence-corrected chi connectivity index (χ1v) is 4.38. The summed E-state index contributed by atoms with van der Waals surface area (Å²) >= 11 is 0. The molecule has 1 atom stereocenters. The van der Waals surface area contributed by atoms with Gasteiger partial charge in [0.05, 0.1) is 6.61 Å². The summed E-state index contributed by atoms with van der Waals surface area (Å²) in [4.78, 5) is 0. The molecule has 0 bridgehead atoms. The van der Waals surface area contributed by atoms with Crippen molar-refractivity contribution < 1.29 is 26.7 Å². The third-order valence-corrected chi connectivity index (χ3v) is 1.91. The lowest BCUT2D eigenvalue weighted by Crippen LogP contribution is -2.45. The summed E-state index contributed by atoms with van der Waals surface area (Å²) < 4.78 is 65.2. The largest absolute Gasteiger partial charge is 0.451 e. The predicted molar refractivity (Wildman–Crippen MR) is 47.1 cm³/mol. The van der Waals surface area contributed by atoms with Crippen LogP contribution in [-0.2, 0) is 11.3 Å². The normalized spacial score (nSPS) is 15.8. The van der Waals surface area contributed by atoms with Crippen LogP contribution in [0, 0.1) is 0 Å². The van der Waals surface area contributed by atoms with E-state index in [1.54, 1.807) is 18.2 Å². The summed E-state index contributed by atoms with van der Waals surface area (Å²) in [6, 6.07) is 7.67. The summed E-state index contributed by atoms with van der Waals surface area (Å²) in [6.07, 6.45) is -5.38. The first kappa shape index (κ1) is 12.9. The van der Waals surface area contributed by atoms with E-state index < -0.39 is 25.3 Å². The number of ether oxygens (including phenoxy) is 1. The number of alkyl halides is 5. The van der Waals surface area contributed by atoms with Crippen molar-refractivity contribution in [3.05, 3.63) is 35.9 Å². The number of rotatable bonds is 4. The highest BCUT2D eigenvalue weighted by atomic mass is 19.4. The zero-order valence-electron chi connectivity index (χ0n) is 8.10. The molecule has 0 aliphatic carbocycles. The molecule has 0 heterocycles. The maximum atomic E-state index is 13.0. The van der Waals surface area contributed by atoms with Gasteiger partial charge in [-0.2, -0.15) is 17.6 Å². The minimum atomic E-state index is -5.38. The molecule has 0 saturated heterocycles. The lowest BCUT2D eigenvalue weighted by atomic mass is 10.2. The van der Waals surface area contributed by atoms with Crippen LogP contribution < -0.4 is 0 Å². The van der Waals surface area contributed by atoms with Gasteiger partial charge in [-0.3, -0.25) is 0 Å². The SMILES string of the molecule is FCC(F)(OCc1ccccc1)C(F)(F)F. The monoisotopic (exact) mass is 240 g/mol. The fraction of sp³-hybridized carbons (Fsp3) is 0.400. The molecule has 1 rings (SSSR count). The molecule has 0 fully saturated rings. The molecule has 1 nitrogen and oxygen atoms in total. The molecule has 1 unspecified atom stereocenters. The van der Waals surface area contributed by atoms with Crippen LogP contribution in [0.4, 0.5) is 22.0 Å². The van der Waals surface area contributed by atoms with Crippen LogP contribution >= 0.6 is 0 Å². The minimum absolute atomic E-state index is 0.335. The highest BCUT2D eigenvalue weighted by Crippen LogP contribution is 2.36. The predicted octanol–water partition coefficient (Wildman–Crippen LogP) is 3.40. The van der Waals surface area contributed by atoms with Gasteiger partial charge in [-0.05, 0) is 5.56 Å². The van der Waals surface area contributed by atoms with E-state index in [4.69, 9.17) is 0 Å². The van der Waals surface area contributed by atoms with E-state index in [2.05, 4.69) is 4.74 Å². The zero-order valence-corrected chi connectivity index (χ0v) is 8.10. The molecule has 0 N–H and O–H groups in total. The average molecular weight is 240 g/mol. The van der Waals surface area contributed by atoms with Crippen molar-refractivity contribution >= 4 is 0 Å². The topological polar surface area (TPSA) is 9.23 Å². The quantitative estimate of drug-likeness (QED) is 0.733. The molecule has 90 valence electrons. The van der Waals surface area contributed by atoms with Gasteiger partial charge < -0.3 is 4.74 Å². The minimum Gasteiger partial charge on any atom is -0.332 e. The van der Waals surface area contributed by atoms with Gasteiger partial charge in [0.1, 0.15) is 0 Å². The molecule has 0 radical (unpaired) electrons. The Kier molecular flexibility index (Phi) is 3.85. The molecule has 0 saturated carbocycles. The van der Waals surface area contributed by atoms with Crippen LogP contribution in [0.1, 0.15) is 5.56 Å². The number of halogens is 5. The maximum absolute atomic E-state index is 13.0. The van der Waals surface area contributed by atoms with Crippen molar-refractivity contribution in [1.82, 2.24) is 0 Å². The van der Waals surface area contributed by atoms with Gasteiger partial charge in [-0.1, -0.05) is 30.3 Å². The molecule has 16 heavy (non-hydrogen) atoms. The Bertz CT molecular complexity index is 324. The van der Waals surface area contributed by atoms with Crippen LogP contribution in [0.25, 0.3) is 0 Å². The summed E-state index contributed by atoms with van der Waals surface area (Å²) in [5.41, 5.74) is 0.335. The Labute approximate surface area is 88.8 Å². The summed E-state index contributed by atoms with van der Waals surface area (Å²) in [5.74, 6) is -4.23. The van der Waals surface area contributed by atoms with Crippen LogP contribution in [0.2, 0.25) is 0 Å². The second-order valence-electron chi connectivity index (χ2n) is 3.13. The fourth-order valence-electron chi connectivity index (χ4n) is 0.968. The molecule has 1 aromatic rings. The van der Waals surface area contributed by atoms with E-state index in [9.17, 15) is 22.0 Å². The summed E-state index contributed by atoms with van der Waals surface area (Å²) in [5, 5.41) is 0. The van der Waals surface area contributed by atoms with E-state index >= 15 is 0 Å². The van der Waals surface area contributed by atoms with Crippen molar-refractivity contribution in [2.45, 2.75) is 18.6 Å². The first-order chi connectivity index (χ1) is 7.39. The fourth-order valence-corrected chi connectivity index (χ4v) is 0.968. The Morgan fingerprint density at radius 3 is 2.00 bits per heavy atom. The van der Waals surface area contributed by atoms with Crippen LogP contribution in [0.5, 0.6) is 0 Å². The van der Waals surface area contributed by atoms with Gasteiger partial charge in [0.2, 0.25) is 0 Å². The molecule has 0 spiro atoms. The number of hydrogen-bond donors (Lipinski definition) is 0. The van der Waals surface area contributed by atoms with Crippen LogP contribution in [-0.4, -0.2) is 18.7 Å². The van der Waals surface area contributed by atoms with Crippen molar-refractivity contribution in [3.8, 4) is 0 Å². The zero-order chi connectivity index (χ0) is 12.2. The maximum Gasteiger partial charge on any atom is 0.451 e. The van der Waals surface area contributed by atoms with Gasteiger partial charge in [0.25, 0.3) is 0 Å². The third kappa shape index (κ3) is 2.91. The molecule has 6 heteroatoms. The van der Waals surface area contributed by atoms with Crippen molar-refractivity contribution in [2.24, 2.45) is 0 Å². The smallest absolute Gasteiger partial charge is 0.332 e. The highest BCUT2D eigenvalue weighted by Gasteiger charge is 2.58. The Hall–Kier alpha value is -1.17. The second-order valence-corrected chi connectivity index (χ2v) is 3.13. The van der Waals surface area contributed by atoms with Crippen LogP contribution in [0.3, 0.4) is 0 Å². The standard InChI is InChI=1S/C10H9F5O/c11-7-9(12,10(13,14)15)16-6-8-4-2-1-3-5-8/h1-5H,6-7H2. The third-order valence-electron chi connectivity index (χ3n) is 1.91. The number of hydrogen-bond acceptors (Lipinski definition) is 1. The second kappa shape index (κ2) is 4.78. The Morgan fingerprint density at radius 2 is 1.56 bits per heavy atom. The molecule has 1 aromatic carbocycles. The van der Waals surface area contributed by atoms with Gasteiger partial charge in [-0.15, -0.1) is 0 Å². The van der Waals surface area contributed by atoms with Gasteiger partial charge in [0.15, 0.2) is 6.67 Å².